The van der Waals surface area contributed by atoms with Crippen molar-refractivity contribution in [3.63, 3.8) is 0 Å². The lowest BCUT2D eigenvalue weighted by Gasteiger charge is -2.19. The number of aromatic hydroxyl groups is 1. The van der Waals surface area contributed by atoms with E-state index in [1.165, 1.54) is 25.0 Å². The van der Waals surface area contributed by atoms with Gasteiger partial charge in [0.15, 0.2) is 10.8 Å². The SMILES string of the molecule is CSc1ncc2c(O)c(C(=O)NCC(=O)OC(C)(C)C)c(=O)n(C)c2n1. The fourth-order valence-electron chi connectivity index (χ4n) is 2.20. The quantitative estimate of drug-likeness (QED) is 0.454. The van der Waals surface area contributed by atoms with E-state index < -0.39 is 40.9 Å². The van der Waals surface area contributed by atoms with Crippen molar-refractivity contribution < 1.29 is 19.4 Å². The van der Waals surface area contributed by atoms with E-state index >= 15 is 0 Å². The summed E-state index contributed by atoms with van der Waals surface area (Å²) in [4.78, 5) is 44.7. The Labute approximate surface area is 153 Å². The molecule has 0 saturated carbocycles. The van der Waals surface area contributed by atoms with E-state index in [4.69, 9.17) is 4.74 Å². The number of hydrogen-bond donors (Lipinski definition) is 2. The minimum atomic E-state index is -0.884. The lowest BCUT2D eigenvalue weighted by molar-refractivity contribution is -0.153. The van der Waals surface area contributed by atoms with E-state index in [0.717, 1.165) is 4.57 Å². The molecule has 0 aromatic carbocycles. The van der Waals surface area contributed by atoms with Crippen LogP contribution in [-0.4, -0.2) is 49.9 Å². The average Bonchev–Trinajstić information content (AvgIpc) is 2.56. The van der Waals surface area contributed by atoms with Gasteiger partial charge in [0.2, 0.25) is 0 Å². The van der Waals surface area contributed by atoms with Crippen LogP contribution in [0.25, 0.3) is 11.0 Å². The van der Waals surface area contributed by atoms with Crippen molar-refractivity contribution in [2.45, 2.75) is 31.5 Å². The minimum Gasteiger partial charge on any atom is -0.506 e. The number of hydrogen-bond acceptors (Lipinski definition) is 8. The summed E-state index contributed by atoms with van der Waals surface area (Å²) in [6.07, 6.45) is 3.12. The maximum atomic E-state index is 12.5. The second-order valence-electron chi connectivity index (χ2n) is 6.45. The zero-order valence-corrected chi connectivity index (χ0v) is 15.9. The summed E-state index contributed by atoms with van der Waals surface area (Å²) in [6, 6.07) is 0. The van der Waals surface area contributed by atoms with Gasteiger partial charge in [0.1, 0.15) is 23.5 Å². The number of rotatable bonds is 4. The molecule has 0 radical (unpaired) electrons. The molecule has 26 heavy (non-hydrogen) atoms. The number of nitrogens with zero attached hydrogens (tertiary/aromatic N) is 3. The molecular weight excluding hydrogens is 360 g/mol. The van der Waals surface area contributed by atoms with E-state index in [9.17, 15) is 19.5 Å². The maximum Gasteiger partial charge on any atom is 0.325 e. The van der Waals surface area contributed by atoms with Gasteiger partial charge in [-0.25, -0.2) is 9.97 Å². The Kier molecular flexibility index (Phi) is 5.55. The third-order valence-corrected chi connectivity index (χ3v) is 3.86. The fraction of sp³-hybridized carbons (Fsp3) is 0.438. The van der Waals surface area contributed by atoms with Crippen molar-refractivity contribution in [1.29, 1.82) is 0 Å². The smallest absolute Gasteiger partial charge is 0.325 e. The fourth-order valence-corrected chi connectivity index (χ4v) is 2.54. The Morgan fingerprint density at radius 1 is 1.38 bits per heavy atom. The van der Waals surface area contributed by atoms with Gasteiger partial charge in [-0.3, -0.25) is 19.0 Å². The number of carbonyl (C=O) groups is 2. The topological polar surface area (TPSA) is 123 Å². The summed E-state index contributed by atoms with van der Waals surface area (Å²) in [7, 11) is 1.44. The summed E-state index contributed by atoms with van der Waals surface area (Å²) in [5.41, 5.74) is -1.71. The van der Waals surface area contributed by atoms with Gasteiger partial charge in [-0.2, -0.15) is 0 Å². The van der Waals surface area contributed by atoms with Gasteiger partial charge in [0.05, 0.1) is 5.39 Å². The van der Waals surface area contributed by atoms with Crippen molar-refractivity contribution in [2.75, 3.05) is 12.8 Å². The maximum absolute atomic E-state index is 12.5. The normalized spacial score (nSPS) is 11.4. The Balaban J connectivity index is 2.36. The number of fused-ring (bicyclic) bond motifs is 1. The Morgan fingerprint density at radius 3 is 2.62 bits per heavy atom. The molecule has 2 aromatic heterocycles. The predicted molar refractivity (Wildman–Crippen MR) is 96.4 cm³/mol. The minimum absolute atomic E-state index is 0.160. The van der Waals surface area contributed by atoms with Crippen molar-refractivity contribution in [1.82, 2.24) is 19.9 Å². The molecular formula is C16H20N4O5S. The van der Waals surface area contributed by atoms with Crippen LogP contribution in [0.4, 0.5) is 0 Å². The number of esters is 1. The van der Waals surface area contributed by atoms with E-state index in [0.29, 0.717) is 5.16 Å². The average molecular weight is 380 g/mol. The van der Waals surface area contributed by atoms with Crippen LogP contribution >= 0.6 is 11.8 Å². The molecule has 2 aromatic rings. The van der Waals surface area contributed by atoms with Crippen molar-refractivity contribution in [3.05, 3.63) is 22.1 Å². The van der Waals surface area contributed by atoms with Crippen LogP contribution in [0.1, 0.15) is 31.1 Å². The Bertz CT molecular complexity index is 933. The summed E-state index contributed by atoms with van der Waals surface area (Å²) < 4.78 is 6.23. The molecule has 9 nitrogen and oxygen atoms in total. The van der Waals surface area contributed by atoms with E-state index in [-0.39, 0.29) is 11.0 Å². The predicted octanol–water partition coefficient (Wildman–Crippen LogP) is 0.827. The molecule has 0 spiro atoms. The van der Waals surface area contributed by atoms with Crippen LogP contribution < -0.4 is 10.9 Å². The van der Waals surface area contributed by atoms with E-state index in [2.05, 4.69) is 15.3 Å². The van der Waals surface area contributed by atoms with Gasteiger partial charge in [-0.1, -0.05) is 11.8 Å². The number of aryl methyl sites for hydroxylation is 1. The lowest BCUT2D eigenvalue weighted by Crippen LogP contribution is -2.37. The second kappa shape index (κ2) is 7.32. The largest absolute Gasteiger partial charge is 0.506 e. The highest BCUT2D eigenvalue weighted by Gasteiger charge is 2.24. The highest BCUT2D eigenvalue weighted by molar-refractivity contribution is 7.98. The van der Waals surface area contributed by atoms with Crippen molar-refractivity contribution >= 4 is 34.7 Å². The molecule has 0 aliphatic carbocycles. The first-order valence-corrected chi connectivity index (χ1v) is 8.90. The highest BCUT2D eigenvalue weighted by atomic mass is 32.2. The summed E-state index contributed by atoms with van der Waals surface area (Å²) in [5.74, 6) is -2.07. The van der Waals surface area contributed by atoms with Gasteiger partial charge < -0.3 is 15.2 Å². The second-order valence-corrected chi connectivity index (χ2v) is 7.22. The van der Waals surface area contributed by atoms with Crippen LogP contribution in [0.5, 0.6) is 5.75 Å². The molecule has 10 heteroatoms. The van der Waals surface area contributed by atoms with Gasteiger partial charge in [0, 0.05) is 13.2 Å². The zero-order valence-electron chi connectivity index (χ0n) is 15.1. The third-order valence-electron chi connectivity index (χ3n) is 3.30. The molecule has 0 saturated heterocycles. The first kappa shape index (κ1) is 19.7. The number of amides is 1. The third kappa shape index (κ3) is 4.13. The van der Waals surface area contributed by atoms with Crippen molar-refractivity contribution in [2.24, 2.45) is 7.05 Å². The number of nitrogens with one attached hydrogen (secondary N) is 1. The van der Waals surface area contributed by atoms with Crippen LogP contribution in [0.3, 0.4) is 0 Å². The van der Waals surface area contributed by atoms with Crippen LogP contribution in [0.15, 0.2) is 16.1 Å². The molecule has 0 fully saturated rings. The van der Waals surface area contributed by atoms with E-state index in [1.54, 1.807) is 27.0 Å². The molecule has 0 bridgehead atoms. The van der Waals surface area contributed by atoms with Gasteiger partial charge in [-0.15, -0.1) is 0 Å². The number of thioether (sulfide) groups is 1. The molecule has 2 heterocycles. The first-order chi connectivity index (χ1) is 12.0. The van der Waals surface area contributed by atoms with E-state index in [1.807, 2.05) is 0 Å². The molecule has 2 rings (SSSR count). The molecule has 2 N–H and O–H groups in total. The molecule has 1 amide bonds. The van der Waals surface area contributed by atoms with Crippen LogP contribution in [0.2, 0.25) is 0 Å². The number of pyridine rings is 1. The molecule has 0 atom stereocenters. The Morgan fingerprint density at radius 2 is 2.04 bits per heavy atom. The van der Waals surface area contributed by atoms with Gasteiger partial charge in [-0.05, 0) is 27.0 Å². The standard InChI is InChI=1S/C16H20N4O5S/c1-16(2,3)25-9(21)7-17-13(23)10-11(22)8-6-18-15(26-5)19-12(8)20(4)14(10)24/h6,22H,7H2,1-5H3,(H,17,23). The summed E-state index contributed by atoms with van der Waals surface area (Å²) in [6.45, 7) is 4.65. The molecule has 0 aliphatic heterocycles. The molecule has 0 unspecified atom stereocenters. The molecule has 0 aliphatic rings. The summed E-state index contributed by atoms with van der Waals surface area (Å²) >= 11 is 1.28. The summed E-state index contributed by atoms with van der Waals surface area (Å²) in [5, 5.41) is 13.2. The lowest BCUT2D eigenvalue weighted by atomic mass is 10.1. The highest BCUT2D eigenvalue weighted by Crippen LogP contribution is 2.25. The van der Waals surface area contributed by atoms with Gasteiger partial charge >= 0.3 is 5.97 Å². The number of aromatic nitrogens is 3. The number of ether oxygens (including phenoxy) is 1. The Hall–Kier alpha value is -2.62. The molecule has 140 valence electrons. The van der Waals surface area contributed by atoms with Crippen LogP contribution in [-0.2, 0) is 16.6 Å². The van der Waals surface area contributed by atoms with Crippen LogP contribution in [0, 0.1) is 0 Å². The number of carbonyl (C=O) groups excluding carboxylic acids is 2. The zero-order chi connectivity index (χ0) is 19.6. The van der Waals surface area contributed by atoms with Crippen molar-refractivity contribution in [3.8, 4) is 5.75 Å². The van der Waals surface area contributed by atoms with Gasteiger partial charge in [0.25, 0.3) is 11.5 Å². The first-order valence-electron chi connectivity index (χ1n) is 7.68. The monoisotopic (exact) mass is 380 g/mol.